The molecule has 1 amide bonds. The Hall–Kier alpha value is -3.60. The second-order valence-corrected chi connectivity index (χ2v) is 9.22. The summed E-state index contributed by atoms with van der Waals surface area (Å²) in [6, 6.07) is 10.2. The van der Waals surface area contributed by atoms with Crippen molar-refractivity contribution in [1.29, 1.82) is 0 Å². The fourth-order valence-electron chi connectivity index (χ4n) is 4.60. The van der Waals surface area contributed by atoms with Gasteiger partial charge in [-0.25, -0.2) is 4.98 Å². The standard InChI is InChI=1S/C27H25F6N3O2/c1-15-5-3-4-6-20(15)21-13-23(36-8-7-19(37)14-36)35-22(24(21)25(38)34-2)11-16-9-17(26(28,29)30)12-18(10-16)27(31,32)33/h3-6,9-10,12-13,19,37H,7-8,11,14H2,1-2H3,(H,34,38). The van der Waals surface area contributed by atoms with E-state index in [0.717, 1.165) is 5.56 Å². The highest BCUT2D eigenvalue weighted by Crippen LogP contribution is 2.38. The molecule has 2 aromatic carbocycles. The quantitative estimate of drug-likeness (QED) is 0.415. The lowest BCUT2D eigenvalue weighted by Gasteiger charge is -2.23. The molecule has 0 radical (unpaired) electrons. The summed E-state index contributed by atoms with van der Waals surface area (Å²) in [5.74, 6) is -0.216. The molecule has 1 aromatic heterocycles. The number of β-amino-alcohol motifs (C(OH)–C–C–N with tert-alkyl or cyclic N) is 1. The molecule has 0 saturated carbocycles. The van der Waals surface area contributed by atoms with Gasteiger partial charge in [-0.05, 0) is 54.3 Å². The minimum Gasteiger partial charge on any atom is -0.391 e. The predicted molar refractivity (Wildman–Crippen MR) is 130 cm³/mol. The number of nitrogens with one attached hydrogen (secondary N) is 1. The fraction of sp³-hybridized carbons (Fsp3) is 0.333. The molecule has 38 heavy (non-hydrogen) atoms. The largest absolute Gasteiger partial charge is 0.416 e. The highest BCUT2D eigenvalue weighted by molar-refractivity contribution is 6.02. The van der Waals surface area contributed by atoms with Crippen LogP contribution >= 0.6 is 0 Å². The monoisotopic (exact) mass is 537 g/mol. The molecule has 0 aliphatic carbocycles. The lowest BCUT2D eigenvalue weighted by atomic mass is 9.92. The van der Waals surface area contributed by atoms with E-state index in [2.05, 4.69) is 10.3 Å². The van der Waals surface area contributed by atoms with E-state index in [1.165, 1.54) is 7.05 Å². The molecule has 2 N–H and O–H groups in total. The molecule has 0 spiro atoms. The zero-order valence-electron chi connectivity index (χ0n) is 20.5. The van der Waals surface area contributed by atoms with Gasteiger partial charge < -0.3 is 15.3 Å². The summed E-state index contributed by atoms with van der Waals surface area (Å²) in [5.41, 5.74) is -1.20. The molecule has 3 aromatic rings. The number of pyridine rings is 1. The summed E-state index contributed by atoms with van der Waals surface area (Å²) in [4.78, 5) is 19.4. The molecule has 0 bridgehead atoms. The maximum absolute atomic E-state index is 13.5. The predicted octanol–water partition coefficient (Wildman–Crippen LogP) is 5.62. The number of amides is 1. The highest BCUT2D eigenvalue weighted by Gasteiger charge is 2.37. The van der Waals surface area contributed by atoms with Crippen LogP contribution in [-0.2, 0) is 18.8 Å². The second-order valence-electron chi connectivity index (χ2n) is 9.22. The van der Waals surface area contributed by atoms with Crippen LogP contribution in [0, 0.1) is 6.92 Å². The first-order chi connectivity index (χ1) is 17.8. The van der Waals surface area contributed by atoms with Crippen LogP contribution in [0.2, 0.25) is 0 Å². The minimum atomic E-state index is -5.01. The number of nitrogens with zero attached hydrogens (tertiary/aromatic N) is 2. The first-order valence-electron chi connectivity index (χ1n) is 11.8. The number of hydrogen-bond acceptors (Lipinski definition) is 4. The molecule has 1 aliphatic rings. The van der Waals surface area contributed by atoms with Gasteiger partial charge in [0.05, 0.1) is 28.5 Å². The molecular weight excluding hydrogens is 512 g/mol. The number of benzene rings is 2. The molecule has 1 aliphatic heterocycles. The topological polar surface area (TPSA) is 65.5 Å². The van der Waals surface area contributed by atoms with E-state index in [0.29, 0.717) is 42.0 Å². The van der Waals surface area contributed by atoms with Crippen molar-refractivity contribution in [1.82, 2.24) is 10.3 Å². The number of carbonyl (C=O) groups is 1. The lowest BCUT2D eigenvalue weighted by Crippen LogP contribution is -2.26. The minimum absolute atomic E-state index is 0.0222. The van der Waals surface area contributed by atoms with Crippen molar-refractivity contribution in [2.45, 2.75) is 38.2 Å². The number of anilines is 1. The van der Waals surface area contributed by atoms with Gasteiger partial charge in [0.25, 0.3) is 5.91 Å². The van der Waals surface area contributed by atoms with Gasteiger partial charge in [0.15, 0.2) is 0 Å². The molecule has 2 heterocycles. The van der Waals surface area contributed by atoms with Crippen molar-refractivity contribution in [3.63, 3.8) is 0 Å². The molecule has 11 heteroatoms. The highest BCUT2D eigenvalue weighted by atomic mass is 19.4. The molecular formula is C27H25F6N3O2. The number of rotatable bonds is 5. The average molecular weight is 538 g/mol. The third kappa shape index (κ3) is 5.77. The summed E-state index contributed by atoms with van der Waals surface area (Å²) < 4.78 is 81.0. The van der Waals surface area contributed by atoms with Crippen molar-refractivity contribution >= 4 is 11.7 Å². The number of aromatic nitrogens is 1. The van der Waals surface area contributed by atoms with E-state index in [4.69, 9.17) is 0 Å². The Kier molecular flexibility index (Phi) is 7.42. The van der Waals surface area contributed by atoms with Gasteiger partial charge >= 0.3 is 12.4 Å². The Morgan fingerprint density at radius 3 is 2.18 bits per heavy atom. The lowest BCUT2D eigenvalue weighted by molar-refractivity contribution is -0.143. The van der Waals surface area contributed by atoms with Crippen LogP contribution < -0.4 is 10.2 Å². The van der Waals surface area contributed by atoms with Gasteiger partial charge in [0, 0.05) is 32.1 Å². The van der Waals surface area contributed by atoms with Crippen LogP contribution in [-0.4, -0.2) is 42.2 Å². The van der Waals surface area contributed by atoms with Crippen LogP contribution in [0.5, 0.6) is 0 Å². The van der Waals surface area contributed by atoms with E-state index in [1.54, 1.807) is 29.2 Å². The number of aliphatic hydroxyl groups is 1. The normalized spacial score (nSPS) is 16.1. The first-order valence-corrected chi connectivity index (χ1v) is 11.8. The molecule has 5 nitrogen and oxygen atoms in total. The smallest absolute Gasteiger partial charge is 0.391 e. The summed E-state index contributed by atoms with van der Waals surface area (Å²) in [5, 5.41) is 12.6. The Bertz CT molecular complexity index is 1320. The van der Waals surface area contributed by atoms with Gasteiger partial charge in [-0.15, -0.1) is 0 Å². The zero-order chi connectivity index (χ0) is 27.8. The SMILES string of the molecule is CNC(=O)c1c(-c2ccccc2C)cc(N2CCC(O)C2)nc1Cc1cc(C(F)(F)F)cc(C(F)(F)F)c1. The Morgan fingerprint density at radius 2 is 1.66 bits per heavy atom. The van der Waals surface area contributed by atoms with E-state index in [1.807, 2.05) is 13.0 Å². The van der Waals surface area contributed by atoms with E-state index in [-0.39, 0.29) is 29.4 Å². The number of alkyl halides is 6. The van der Waals surface area contributed by atoms with Crippen molar-refractivity contribution in [3.05, 3.63) is 82.0 Å². The van der Waals surface area contributed by atoms with Gasteiger partial charge in [-0.1, -0.05) is 24.3 Å². The third-order valence-corrected chi connectivity index (χ3v) is 6.48. The molecule has 4 rings (SSSR count). The van der Waals surface area contributed by atoms with Crippen LogP contribution in [0.15, 0.2) is 48.5 Å². The van der Waals surface area contributed by atoms with Gasteiger partial charge in [-0.3, -0.25) is 4.79 Å². The number of carbonyl (C=O) groups excluding carboxylic acids is 1. The fourth-order valence-corrected chi connectivity index (χ4v) is 4.60. The Morgan fingerprint density at radius 1 is 1.03 bits per heavy atom. The number of aryl methyl sites for hydroxylation is 1. The third-order valence-electron chi connectivity index (χ3n) is 6.48. The van der Waals surface area contributed by atoms with Crippen molar-refractivity contribution < 1.29 is 36.2 Å². The number of hydrogen-bond donors (Lipinski definition) is 2. The molecule has 1 fully saturated rings. The number of halogens is 6. The maximum atomic E-state index is 13.5. The van der Waals surface area contributed by atoms with Crippen molar-refractivity contribution in [2.75, 3.05) is 25.0 Å². The second kappa shape index (κ2) is 10.3. The zero-order valence-corrected chi connectivity index (χ0v) is 20.5. The van der Waals surface area contributed by atoms with E-state index >= 15 is 0 Å². The summed E-state index contributed by atoms with van der Waals surface area (Å²) in [6.07, 6.45) is -10.6. The van der Waals surface area contributed by atoms with E-state index < -0.39 is 41.9 Å². The van der Waals surface area contributed by atoms with Crippen LogP contribution in [0.25, 0.3) is 11.1 Å². The summed E-state index contributed by atoms with van der Waals surface area (Å²) >= 11 is 0. The van der Waals surface area contributed by atoms with Crippen molar-refractivity contribution in [2.24, 2.45) is 0 Å². The van der Waals surface area contributed by atoms with Gasteiger partial charge in [-0.2, -0.15) is 26.3 Å². The molecule has 202 valence electrons. The van der Waals surface area contributed by atoms with E-state index in [9.17, 15) is 36.2 Å². The van der Waals surface area contributed by atoms with Crippen molar-refractivity contribution in [3.8, 4) is 11.1 Å². The molecule has 1 atom stereocenters. The average Bonchev–Trinajstić information content (AvgIpc) is 3.28. The Labute approximate surface area is 215 Å². The Balaban J connectivity index is 1.96. The van der Waals surface area contributed by atoms with Crippen LogP contribution in [0.1, 0.15) is 44.7 Å². The maximum Gasteiger partial charge on any atom is 0.416 e. The molecule has 1 unspecified atom stereocenters. The summed E-state index contributed by atoms with van der Waals surface area (Å²) in [7, 11) is 1.38. The van der Waals surface area contributed by atoms with Gasteiger partial charge in [0.1, 0.15) is 5.82 Å². The van der Waals surface area contributed by atoms with Crippen LogP contribution in [0.4, 0.5) is 32.2 Å². The molecule has 1 saturated heterocycles. The van der Waals surface area contributed by atoms with Crippen LogP contribution in [0.3, 0.4) is 0 Å². The van der Waals surface area contributed by atoms with Gasteiger partial charge in [0.2, 0.25) is 0 Å². The first kappa shape index (κ1) is 27.4. The number of aliphatic hydroxyl groups excluding tert-OH is 1. The summed E-state index contributed by atoms with van der Waals surface area (Å²) in [6.45, 7) is 2.52.